The van der Waals surface area contributed by atoms with E-state index < -0.39 is 8.32 Å². The van der Waals surface area contributed by atoms with Gasteiger partial charge in [0.05, 0.1) is 12.7 Å². The predicted molar refractivity (Wildman–Crippen MR) is 70.2 cm³/mol. The Kier molecular flexibility index (Phi) is 4.57. The third kappa shape index (κ3) is 3.55. The van der Waals surface area contributed by atoms with Gasteiger partial charge in [0.2, 0.25) is 0 Å². The van der Waals surface area contributed by atoms with Crippen LogP contribution in [0.15, 0.2) is 0 Å². The molecule has 0 aromatic heterocycles. The summed E-state index contributed by atoms with van der Waals surface area (Å²) in [5, 5.41) is 9.19. The maximum Gasteiger partial charge on any atom is 0.192 e. The van der Waals surface area contributed by atoms with Gasteiger partial charge >= 0.3 is 0 Å². The SMILES string of the molecule is CC(C)(C)[Si](C)(C)OC1CCN(CCO)C1. The third-order valence-electron chi connectivity index (χ3n) is 3.91. The summed E-state index contributed by atoms with van der Waals surface area (Å²) in [6, 6.07) is 0. The molecule has 0 spiro atoms. The third-order valence-corrected chi connectivity index (χ3v) is 8.45. The number of aliphatic hydroxyl groups is 1. The quantitative estimate of drug-likeness (QED) is 0.770. The average molecular weight is 245 g/mol. The summed E-state index contributed by atoms with van der Waals surface area (Å²) in [5.74, 6) is 0. The molecule has 16 heavy (non-hydrogen) atoms. The summed E-state index contributed by atoms with van der Waals surface area (Å²) < 4.78 is 6.36. The highest BCUT2D eigenvalue weighted by atomic mass is 28.4. The van der Waals surface area contributed by atoms with Gasteiger partial charge in [-0.15, -0.1) is 0 Å². The van der Waals surface area contributed by atoms with Crippen LogP contribution in [0.5, 0.6) is 0 Å². The zero-order valence-electron chi connectivity index (χ0n) is 11.4. The molecule has 1 aliphatic heterocycles. The molecule has 1 fully saturated rings. The van der Waals surface area contributed by atoms with Crippen LogP contribution in [0.4, 0.5) is 0 Å². The maximum absolute atomic E-state index is 8.90. The van der Waals surface area contributed by atoms with Crippen LogP contribution in [0.2, 0.25) is 18.1 Å². The first-order chi connectivity index (χ1) is 7.26. The van der Waals surface area contributed by atoms with Crippen molar-refractivity contribution in [1.29, 1.82) is 0 Å². The van der Waals surface area contributed by atoms with Gasteiger partial charge in [0.25, 0.3) is 0 Å². The fraction of sp³-hybridized carbons (Fsp3) is 1.00. The van der Waals surface area contributed by atoms with Gasteiger partial charge < -0.3 is 9.53 Å². The van der Waals surface area contributed by atoms with Gasteiger partial charge in [0.1, 0.15) is 0 Å². The van der Waals surface area contributed by atoms with E-state index >= 15 is 0 Å². The lowest BCUT2D eigenvalue weighted by Gasteiger charge is -2.38. The van der Waals surface area contributed by atoms with Gasteiger partial charge in [-0.2, -0.15) is 0 Å². The first-order valence-electron chi connectivity index (χ1n) is 6.27. The zero-order chi connectivity index (χ0) is 12.4. The minimum atomic E-state index is -1.61. The summed E-state index contributed by atoms with van der Waals surface area (Å²) in [6.45, 7) is 14.6. The highest BCUT2D eigenvalue weighted by Gasteiger charge is 2.40. The van der Waals surface area contributed by atoms with E-state index in [0.29, 0.717) is 6.10 Å². The minimum absolute atomic E-state index is 0.257. The number of hydrogen-bond acceptors (Lipinski definition) is 3. The van der Waals surface area contributed by atoms with Gasteiger partial charge in [0, 0.05) is 19.6 Å². The van der Waals surface area contributed by atoms with Crippen LogP contribution in [0.1, 0.15) is 27.2 Å². The van der Waals surface area contributed by atoms with Crippen LogP contribution in [-0.4, -0.2) is 50.7 Å². The summed E-state index contributed by atoms with van der Waals surface area (Å²) in [5.41, 5.74) is 0. The van der Waals surface area contributed by atoms with Gasteiger partial charge in [0.15, 0.2) is 8.32 Å². The van der Waals surface area contributed by atoms with Crippen molar-refractivity contribution in [3.63, 3.8) is 0 Å². The molecule has 0 radical (unpaired) electrons. The molecule has 1 unspecified atom stereocenters. The second-order valence-electron chi connectivity index (χ2n) is 6.31. The van der Waals surface area contributed by atoms with Crippen molar-refractivity contribution < 1.29 is 9.53 Å². The summed E-state index contributed by atoms with van der Waals surface area (Å²) in [7, 11) is -1.61. The van der Waals surface area contributed by atoms with E-state index in [4.69, 9.17) is 9.53 Å². The fourth-order valence-corrected chi connectivity index (χ4v) is 3.21. The summed E-state index contributed by atoms with van der Waals surface area (Å²) in [4.78, 5) is 2.29. The number of rotatable bonds is 4. The number of β-amino-alcohol motifs (C(OH)–C–C–N with tert-alkyl or cyclic N) is 1. The molecule has 4 heteroatoms. The lowest BCUT2D eigenvalue weighted by atomic mass is 10.2. The Morgan fingerprint density at radius 2 is 2.00 bits per heavy atom. The maximum atomic E-state index is 8.90. The zero-order valence-corrected chi connectivity index (χ0v) is 12.4. The van der Waals surface area contributed by atoms with Crippen molar-refractivity contribution >= 4 is 8.32 Å². The van der Waals surface area contributed by atoms with Crippen molar-refractivity contribution in [2.75, 3.05) is 26.2 Å². The molecule has 1 heterocycles. The van der Waals surface area contributed by atoms with E-state index in [2.05, 4.69) is 38.8 Å². The van der Waals surface area contributed by atoms with Crippen LogP contribution in [0, 0.1) is 0 Å². The lowest BCUT2D eigenvalue weighted by molar-refractivity contribution is 0.168. The number of aliphatic hydroxyl groups excluding tert-OH is 1. The van der Waals surface area contributed by atoms with Crippen molar-refractivity contribution in [3.8, 4) is 0 Å². The number of hydrogen-bond donors (Lipinski definition) is 1. The average Bonchev–Trinajstić information content (AvgIpc) is 2.50. The summed E-state index contributed by atoms with van der Waals surface area (Å²) in [6.07, 6.45) is 1.50. The standard InChI is InChI=1S/C12H27NO2Si/c1-12(2,3)16(4,5)15-11-6-7-13(10-11)8-9-14/h11,14H,6-10H2,1-5H3. The van der Waals surface area contributed by atoms with Crippen LogP contribution in [-0.2, 0) is 4.43 Å². The molecule has 0 amide bonds. The first-order valence-corrected chi connectivity index (χ1v) is 9.18. The molecule has 0 saturated carbocycles. The summed E-state index contributed by atoms with van der Waals surface area (Å²) >= 11 is 0. The second-order valence-corrected chi connectivity index (χ2v) is 11.1. The van der Waals surface area contributed by atoms with Crippen LogP contribution >= 0.6 is 0 Å². The monoisotopic (exact) mass is 245 g/mol. The van der Waals surface area contributed by atoms with Crippen LogP contribution in [0.25, 0.3) is 0 Å². The first kappa shape index (κ1) is 14.2. The Labute approximate surface area is 101 Å². The molecule has 1 rings (SSSR count). The largest absolute Gasteiger partial charge is 0.413 e. The second kappa shape index (κ2) is 5.17. The molecule has 1 atom stereocenters. The highest BCUT2D eigenvalue weighted by Crippen LogP contribution is 2.38. The molecule has 0 aromatic rings. The molecule has 0 bridgehead atoms. The molecule has 0 aliphatic carbocycles. The Morgan fingerprint density at radius 3 is 2.50 bits per heavy atom. The topological polar surface area (TPSA) is 32.7 Å². The van der Waals surface area contributed by atoms with Gasteiger partial charge in [-0.3, -0.25) is 4.90 Å². The Bertz CT molecular complexity index is 226. The molecule has 1 N–H and O–H groups in total. The Balaban J connectivity index is 2.45. The predicted octanol–water partition coefficient (Wildman–Crippen LogP) is 2.07. The lowest BCUT2D eigenvalue weighted by Crippen LogP contribution is -2.44. The van der Waals surface area contributed by atoms with Crippen molar-refractivity contribution in [2.24, 2.45) is 0 Å². The molecular formula is C12H27NO2Si. The molecular weight excluding hydrogens is 218 g/mol. The van der Waals surface area contributed by atoms with Crippen molar-refractivity contribution in [1.82, 2.24) is 4.90 Å². The number of likely N-dealkylation sites (tertiary alicyclic amines) is 1. The van der Waals surface area contributed by atoms with E-state index in [9.17, 15) is 0 Å². The van der Waals surface area contributed by atoms with Crippen molar-refractivity contribution in [3.05, 3.63) is 0 Å². The van der Waals surface area contributed by atoms with Gasteiger partial charge in [-0.05, 0) is 24.6 Å². The van der Waals surface area contributed by atoms with E-state index in [0.717, 1.165) is 26.1 Å². The molecule has 96 valence electrons. The molecule has 1 saturated heterocycles. The fourth-order valence-electron chi connectivity index (χ4n) is 1.83. The van der Waals surface area contributed by atoms with E-state index in [1.807, 2.05) is 0 Å². The van der Waals surface area contributed by atoms with Gasteiger partial charge in [-0.25, -0.2) is 0 Å². The number of nitrogens with zero attached hydrogens (tertiary/aromatic N) is 1. The smallest absolute Gasteiger partial charge is 0.192 e. The highest BCUT2D eigenvalue weighted by molar-refractivity contribution is 6.74. The van der Waals surface area contributed by atoms with E-state index in [-0.39, 0.29) is 11.6 Å². The van der Waals surface area contributed by atoms with Crippen LogP contribution in [0.3, 0.4) is 0 Å². The van der Waals surface area contributed by atoms with E-state index in [1.165, 1.54) is 0 Å². The van der Waals surface area contributed by atoms with Gasteiger partial charge in [-0.1, -0.05) is 20.8 Å². The normalized spacial score (nSPS) is 24.0. The van der Waals surface area contributed by atoms with E-state index in [1.54, 1.807) is 0 Å². The minimum Gasteiger partial charge on any atom is -0.413 e. The van der Waals surface area contributed by atoms with Crippen LogP contribution < -0.4 is 0 Å². The molecule has 0 aromatic carbocycles. The molecule has 1 aliphatic rings. The Morgan fingerprint density at radius 1 is 1.38 bits per heavy atom. The van der Waals surface area contributed by atoms with Crippen molar-refractivity contribution in [2.45, 2.75) is 51.4 Å². The molecule has 3 nitrogen and oxygen atoms in total. The Hall–Kier alpha value is 0.0969.